The van der Waals surface area contributed by atoms with Gasteiger partial charge in [0.2, 0.25) is 0 Å². The van der Waals surface area contributed by atoms with E-state index in [2.05, 4.69) is 16.9 Å². The van der Waals surface area contributed by atoms with Crippen molar-refractivity contribution in [2.75, 3.05) is 24.4 Å². The predicted molar refractivity (Wildman–Crippen MR) is 87.4 cm³/mol. The molecule has 5 heteroatoms. The van der Waals surface area contributed by atoms with Crippen molar-refractivity contribution in [3.05, 3.63) is 23.8 Å². The van der Waals surface area contributed by atoms with Crippen LogP contribution >= 0.6 is 11.8 Å². The lowest BCUT2D eigenvalue weighted by Crippen LogP contribution is -2.28. The standard InChI is InChI=1S/C15H23N3OS/c1-17-15(19)13-8-3-10(16)9-14(13)18-11-4-6-12(20-2)7-5-11/h3,8-9,11-12,18H,4-7,16H2,1-2H3,(H,17,19). The maximum Gasteiger partial charge on any atom is 0.253 e. The molecule has 20 heavy (non-hydrogen) atoms. The molecule has 4 nitrogen and oxygen atoms in total. The highest BCUT2D eigenvalue weighted by Crippen LogP contribution is 2.30. The van der Waals surface area contributed by atoms with Gasteiger partial charge in [-0.1, -0.05) is 0 Å². The lowest BCUT2D eigenvalue weighted by Gasteiger charge is -2.29. The molecule has 110 valence electrons. The van der Waals surface area contributed by atoms with Crippen LogP contribution in [0.25, 0.3) is 0 Å². The van der Waals surface area contributed by atoms with E-state index in [1.165, 1.54) is 12.8 Å². The number of hydrogen-bond donors (Lipinski definition) is 3. The average Bonchev–Trinajstić information content (AvgIpc) is 2.47. The number of nitrogen functional groups attached to an aromatic ring is 1. The second-order valence-electron chi connectivity index (χ2n) is 5.24. The zero-order chi connectivity index (χ0) is 14.5. The average molecular weight is 293 g/mol. The Morgan fingerprint density at radius 1 is 1.30 bits per heavy atom. The Bertz CT molecular complexity index is 470. The van der Waals surface area contributed by atoms with Crippen LogP contribution in [0, 0.1) is 0 Å². The molecule has 0 aliphatic heterocycles. The Hall–Kier alpha value is -1.36. The molecule has 0 unspecified atom stereocenters. The van der Waals surface area contributed by atoms with Crippen molar-refractivity contribution in [3.8, 4) is 0 Å². The van der Waals surface area contributed by atoms with Gasteiger partial charge in [0.25, 0.3) is 5.91 Å². The lowest BCUT2D eigenvalue weighted by molar-refractivity contribution is 0.0964. The Morgan fingerprint density at radius 3 is 2.60 bits per heavy atom. The van der Waals surface area contributed by atoms with Crippen LogP contribution in [0.4, 0.5) is 11.4 Å². The number of hydrogen-bond acceptors (Lipinski definition) is 4. The summed E-state index contributed by atoms with van der Waals surface area (Å²) < 4.78 is 0. The van der Waals surface area contributed by atoms with Gasteiger partial charge in [0.1, 0.15) is 0 Å². The number of amides is 1. The van der Waals surface area contributed by atoms with Crippen molar-refractivity contribution < 1.29 is 4.79 Å². The number of anilines is 2. The van der Waals surface area contributed by atoms with Gasteiger partial charge in [-0.2, -0.15) is 11.8 Å². The molecule has 0 atom stereocenters. The molecule has 1 aromatic carbocycles. The molecule has 0 radical (unpaired) electrons. The van der Waals surface area contributed by atoms with E-state index in [4.69, 9.17) is 5.73 Å². The highest BCUT2D eigenvalue weighted by atomic mass is 32.2. The second-order valence-corrected chi connectivity index (χ2v) is 6.38. The van der Waals surface area contributed by atoms with E-state index in [9.17, 15) is 4.79 Å². The monoisotopic (exact) mass is 293 g/mol. The van der Waals surface area contributed by atoms with E-state index in [1.807, 2.05) is 17.8 Å². The van der Waals surface area contributed by atoms with Crippen LogP contribution in [0.1, 0.15) is 36.0 Å². The van der Waals surface area contributed by atoms with Gasteiger partial charge in [-0.25, -0.2) is 0 Å². The molecule has 0 bridgehead atoms. The van der Waals surface area contributed by atoms with Gasteiger partial charge in [-0.3, -0.25) is 4.79 Å². The van der Waals surface area contributed by atoms with E-state index in [-0.39, 0.29) is 5.91 Å². The first-order valence-electron chi connectivity index (χ1n) is 7.05. The Morgan fingerprint density at radius 2 is 2.00 bits per heavy atom. The van der Waals surface area contributed by atoms with Crippen molar-refractivity contribution in [2.24, 2.45) is 0 Å². The fourth-order valence-corrected chi connectivity index (χ4v) is 3.42. The molecule has 0 aromatic heterocycles. The van der Waals surface area contributed by atoms with Crippen molar-refractivity contribution >= 4 is 29.0 Å². The quantitative estimate of drug-likeness (QED) is 0.747. The number of benzene rings is 1. The number of carbonyl (C=O) groups is 1. The van der Waals surface area contributed by atoms with E-state index >= 15 is 0 Å². The Balaban J connectivity index is 2.08. The first-order chi connectivity index (χ1) is 9.63. The first kappa shape index (κ1) is 15.0. The third-order valence-electron chi connectivity index (χ3n) is 3.88. The van der Waals surface area contributed by atoms with Crippen molar-refractivity contribution in [1.82, 2.24) is 5.32 Å². The van der Waals surface area contributed by atoms with Crippen molar-refractivity contribution in [2.45, 2.75) is 37.0 Å². The van der Waals surface area contributed by atoms with Gasteiger partial charge in [0.05, 0.1) is 5.56 Å². The zero-order valence-corrected chi connectivity index (χ0v) is 12.9. The first-order valence-corrected chi connectivity index (χ1v) is 8.33. The molecule has 2 rings (SSSR count). The molecule has 4 N–H and O–H groups in total. The fraction of sp³-hybridized carbons (Fsp3) is 0.533. The molecule has 1 aliphatic rings. The van der Waals surface area contributed by atoms with Gasteiger partial charge in [-0.05, 0) is 50.1 Å². The topological polar surface area (TPSA) is 67.2 Å². The third kappa shape index (κ3) is 3.60. The van der Waals surface area contributed by atoms with Crippen molar-refractivity contribution in [1.29, 1.82) is 0 Å². The fourth-order valence-electron chi connectivity index (χ4n) is 2.68. The van der Waals surface area contributed by atoms with Gasteiger partial charge in [0, 0.05) is 29.7 Å². The number of nitrogens with two attached hydrogens (primary N) is 1. The van der Waals surface area contributed by atoms with Crippen LogP contribution in [0.2, 0.25) is 0 Å². The van der Waals surface area contributed by atoms with Gasteiger partial charge in [0.15, 0.2) is 0 Å². The largest absolute Gasteiger partial charge is 0.399 e. The Labute approximate surface area is 124 Å². The molecule has 1 aliphatic carbocycles. The number of nitrogens with one attached hydrogen (secondary N) is 2. The molecular weight excluding hydrogens is 270 g/mol. The summed E-state index contributed by atoms with van der Waals surface area (Å²) in [7, 11) is 1.64. The van der Waals surface area contributed by atoms with Crippen molar-refractivity contribution in [3.63, 3.8) is 0 Å². The molecule has 1 saturated carbocycles. The molecule has 0 heterocycles. The van der Waals surface area contributed by atoms with Crippen LogP contribution in [0.3, 0.4) is 0 Å². The molecule has 0 spiro atoms. The minimum atomic E-state index is -0.0784. The molecule has 1 amide bonds. The highest BCUT2D eigenvalue weighted by Gasteiger charge is 2.21. The van der Waals surface area contributed by atoms with Crippen LogP contribution in [0.15, 0.2) is 18.2 Å². The van der Waals surface area contributed by atoms with Crippen LogP contribution in [-0.4, -0.2) is 30.5 Å². The number of rotatable bonds is 4. The molecule has 1 aromatic rings. The number of thioether (sulfide) groups is 1. The summed E-state index contributed by atoms with van der Waals surface area (Å²) in [6.45, 7) is 0. The highest BCUT2D eigenvalue weighted by molar-refractivity contribution is 7.99. The van der Waals surface area contributed by atoms with E-state index < -0.39 is 0 Å². The maximum atomic E-state index is 11.9. The van der Waals surface area contributed by atoms with Gasteiger partial charge in [-0.15, -0.1) is 0 Å². The summed E-state index contributed by atoms with van der Waals surface area (Å²) in [5, 5.41) is 6.96. The van der Waals surface area contributed by atoms with E-state index in [0.717, 1.165) is 23.8 Å². The second kappa shape index (κ2) is 6.88. The normalized spacial score (nSPS) is 22.3. The third-order valence-corrected chi connectivity index (χ3v) is 5.02. The summed E-state index contributed by atoms with van der Waals surface area (Å²) >= 11 is 1.96. The summed E-state index contributed by atoms with van der Waals surface area (Å²) in [5.74, 6) is -0.0784. The minimum Gasteiger partial charge on any atom is -0.399 e. The predicted octanol–water partition coefficient (Wildman–Crippen LogP) is 2.71. The maximum absolute atomic E-state index is 11.9. The summed E-state index contributed by atoms with van der Waals surface area (Å²) in [6.07, 6.45) is 6.94. The number of carbonyl (C=O) groups excluding carboxylic acids is 1. The van der Waals surface area contributed by atoms with Crippen LogP contribution < -0.4 is 16.4 Å². The lowest BCUT2D eigenvalue weighted by atomic mass is 9.94. The van der Waals surface area contributed by atoms with Gasteiger partial charge >= 0.3 is 0 Å². The SMILES string of the molecule is CNC(=O)c1ccc(N)cc1NC1CCC(SC)CC1. The smallest absolute Gasteiger partial charge is 0.253 e. The van der Waals surface area contributed by atoms with E-state index in [1.54, 1.807) is 19.2 Å². The van der Waals surface area contributed by atoms with Gasteiger partial charge < -0.3 is 16.4 Å². The Kier molecular flexibility index (Phi) is 5.17. The molecular formula is C15H23N3OS. The summed E-state index contributed by atoms with van der Waals surface area (Å²) in [6, 6.07) is 5.83. The molecule has 1 fully saturated rings. The van der Waals surface area contributed by atoms with Crippen LogP contribution in [-0.2, 0) is 0 Å². The minimum absolute atomic E-state index is 0.0784. The van der Waals surface area contributed by atoms with E-state index in [0.29, 0.717) is 17.3 Å². The zero-order valence-electron chi connectivity index (χ0n) is 12.1. The summed E-state index contributed by atoms with van der Waals surface area (Å²) in [5.41, 5.74) is 8.03. The summed E-state index contributed by atoms with van der Waals surface area (Å²) in [4.78, 5) is 11.9. The molecule has 0 saturated heterocycles. The van der Waals surface area contributed by atoms with Crippen LogP contribution in [0.5, 0.6) is 0 Å².